The van der Waals surface area contributed by atoms with Crippen LogP contribution in [0.2, 0.25) is 0 Å². The van der Waals surface area contributed by atoms with Crippen molar-refractivity contribution in [1.29, 1.82) is 5.41 Å². The first-order valence-corrected chi connectivity index (χ1v) is 6.82. The fraction of sp³-hybridized carbons (Fsp3) is 0.118. The summed E-state index contributed by atoms with van der Waals surface area (Å²) in [6, 6.07) is 11.7. The van der Waals surface area contributed by atoms with Crippen molar-refractivity contribution in [2.24, 2.45) is 0 Å². The molecule has 1 atom stereocenters. The molecule has 4 nitrogen and oxygen atoms in total. The highest BCUT2D eigenvalue weighted by atomic mass is 19.1. The van der Waals surface area contributed by atoms with Gasteiger partial charge in [-0.05, 0) is 24.6 Å². The number of carbonyl (C=O) groups is 2. The van der Waals surface area contributed by atoms with E-state index in [0.29, 0.717) is 11.1 Å². The normalized spacial score (nSPS) is 15.7. The smallest absolute Gasteiger partial charge is 0.284 e. The molecule has 0 fully saturated rings. The predicted molar refractivity (Wildman–Crippen MR) is 79.3 cm³/mol. The molecule has 0 aliphatic carbocycles. The lowest BCUT2D eigenvalue weighted by atomic mass is 9.94. The van der Waals surface area contributed by atoms with E-state index in [1.807, 2.05) is 0 Å². The van der Waals surface area contributed by atoms with Crippen LogP contribution in [0.5, 0.6) is 0 Å². The van der Waals surface area contributed by atoms with Gasteiger partial charge in [-0.3, -0.25) is 19.9 Å². The van der Waals surface area contributed by atoms with Crippen LogP contribution in [-0.4, -0.2) is 22.4 Å². The molecule has 22 heavy (non-hydrogen) atoms. The number of hydrogen-bond donors (Lipinski definition) is 1. The molecule has 2 aromatic rings. The lowest BCUT2D eigenvalue weighted by Crippen LogP contribution is -2.47. The number of ketones is 1. The number of amides is 1. The molecule has 1 aliphatic rings. The SMILES string of the molecule is CC(c1ccc(F)cc1)N1C(=N)c2ccccc2C(=O)C1=O. The first kappa shape index (κ1) is 14.1. The molecule has 1 heterocycles. The Labute approximate surface area is 126 Å². The molecule has 1 N–H and O–H groups in total. The fourth-order valence-corrected chi connectivity index (χ4v) is 2.60. The molecule has 0 spiro atoms. The van der Waals surface area contributed by atoms with Crippen LogP contribution < -0.4 is 0 Å². The number of nitrogens with one attached hydrogen (secondary N) is 1. The summed E-state index contributed by atoms with van der Waals surface area (Å²) in [5, 5.41) is 8.25. The van der Waals surface area contributed by atoms with E-state index in [9.17, 15) is 14.0 Å². The average molecular weight is 296 g/mol. The lowest BCUT2D eigenvalue weighted by Gasteiger charge is -2.33. The molecule has 0 saturated heterocycles. The van der Waals surface area contributed by atoms with Gasteiger partial charge >= 0.3 is 5.91 Å². The Morgan fingerprint density at radius 3 is 2.23 bits per heavy atom. The molecule has 2 aromatic carbocycles. The second-order valence-electron chi connectivity index (χ2n) is 5.13. The summed E-state index contributed by atoms with van der Waals surface area (Å²) < 4.78 is 13.0. The van der Waals surface area contributed by atoms with E-state index in [-0.39, 0.29) is 17.2 Å². The molecule has 3 rings (SSSR count). The minimum Gasteiger partial charge on any atom is -0.284 e. The van der Waals surface area contributed by atoms with E-state index >= 15 is 0 Å². The van der Waals surface area contributed by atoms with Gasteiger partial charge in [-0.15, -0.1) is 0 Å². The van der Waals surface area contributed by atoms with Gasteiger partial charge < -0.3 is 0 Å². The minimum atomic E-state index is -0.736. The molecular weight excluding hydrogens is 283 g/mol. The third-order valence-corrected chi connectivity index (χ3v) is 3.82. The van der Waals surface area contributed by atoms with Crippen molar-refractivity contribution in [1.82, 2.24) is 4.90 Å². The Balaban J connectivity index is 2.04. The summed E-state index contributed by atoms with van der Waals surface area (Å²) in [5.74, 6) is -1.75. The third kappa shape index (κ3) is 2.11. The first-order valence-electron chi connectivity index (χ1n) is 6.82. The van der Waals surface area contributed by atoms with Crippen LogP contribution in [0.1, 0.15) is 34.5 Å². The van der Waals surface area contributed by atoms with E-state index < -0.39 is 17.7 Å². The topological polar surface area (TPSA) is 61.2 Å². The van der Waals surface area contributed by atoms with Crippen molar-refractivity contribution in [3.8, 4) is 0 Å². The van der Waals surface area contributed by atoms with Crippen LogP contribution in [-0.2, 0) is 4.79 Å². The second kappa shape index (κ2) is 5.18. The van der Waals surface area contributed by atoms with Gasteiger partial charge in [0.1, 0.15) is 11.7 Å². The Morgan fingerprint density at radius 1 is 1.00 bits per heavy atom. The zero-order valence-corrected chi connectivity index (χ0v) is 11.8. The number of fused-ring (bicyclic) bond motifs is 1. The summed E-state index contributed by atoms with van der Waals surface area (Å²) >= 11 is 0. The van der Waals surface area contributed by atoms with E-state index in [1.165, 1.54) is 12.1 Å². The van der Waals surface area contributed by atoms with Crippen molar-refractivity contribution in [2.45, 2.75) is 13.0 Å². The number of nitrogens with zero attached hydrogens (tertiary/aromatic N) is 1. The van der Waals surface area contributed by atoms with Crippen molar-refractivity contribution >= 4 is 17.5 Å². The summed E-state index contributed by atoms with van der Waals surface area (Å²) in [7, 11) is 0. The monoisotopic (exact) mass is 296 g/mol. The lowest BCUT2D eigenvalue weighted by molar-refractivity contribution is -0.124. The number of amidine groups is 1. The summed E-state index contributed by atoms with van der Waals surface area (Å²) in [4.78, 5) is 25.7. The maximum absolute atomic E-state index is 13.0. The van der Waals surface area contributed by atoms with Gasteiger partial charge in [0, 0.05) is 11.1 Å². The maximum Gasteiger partial charge on any atom is 0.301 e. The highest BCUT2D eigenvalue weighted by Crippen LogP contribution is 2.28. The molecular formula is C17H13FN2O2. The fourth-order valence-electron chi connectivity index (χ4n) is 2.60. The van der Waals surface area contributed by atoms with Gasteiger partial charge in [0.25, 0.3) is 5.78 Å². The number of hydrogen-bond acceptors (Lipinski definition) is 3. The molecule has 1 unspecified atom stereocenters. The highest BCUT2D eigenvalue weighted by Gasteiger charge is 2.38. The van der Waals surface area contributed by atoms with Crippen molar-refractivity contribution in [3.63, 3.8) is 0 Å². The Bertz CT molecular complexity index is 784. The van der Waals surface area contributed by atoms with Crippen molar-refractivity contribution < 1.29 is 14.0 Å². The van der Waals surface area contributed by atoms with Crippen LogP contribution >= 0.6 is 0 Å². The summed E-state index contributed by atoms with van der Waals surface area (Å²) in [6.45, 7) is 1.71. The van der Waals surface area contributed by atoms with Gasteiger partial charge in [0.2, 0.25) is 0 Å². The van der Waals surface area contributed by atoms with Gasteiger partial charge in [0.15, 0.2) is 0 Å². The number of carbonyl (C=O) groups excluding carboxylic acids is 2. The molecule has 110 valence electrons. The average Bonchev–Trinajstić information content (AvgIpc) is 2.53. The third-order valence-electron chi connectivity index (χ3n) is 3.82. The number of halogens is 1. The zero-order valence-electron chi connectivity index (χ0n) is 11.8. The number of Topliss-reactive ketones (excluding diaryl/α,β-unsaturated/α-hetero) is 1. The summed E-state index contributed by atoms with van der Waals surface area (Å²) in [5.41, 5.74) is 1.34. The van der Waals surface area contributed by atoms with Gasteiger partial charge in [-0.2, -0.15) is 0 Å². The van der Waals surface area contributed by atoms with Crippen molar-refractivity contribution in [2.75, 3.05) is 0 Å². The second-order valence-corrected chi connectivity index (χ2v) is 5.13. The highest BCUT2D eigenvalue weighted by molar-refractivity contribution is 6.49. The van der Waals surface area contributed by atoms with E-state index in [2.05, 4.69) is 0 Å². The van der Waals surface area contributed by atoms with Gasteiger partial charge in [-0.25, -0.2) is 4.39 Å². The molecule has 1 aliphatic heterocycles. The number of benzene rings is 2. The zero-order chi connectivity index (χ0) is 15.9. The Hall–Kier alpha value is -2.82. The molecule has 0 aromatic heterocycles. The van der Waals surface area contributed by atoms with Crippen LogP contribution in [0.25, 0.3) is 0 Å². The Kier molecular flexibility index (Phi) is 3.33. The first-order chi connectivity index (χ1) is 10.5. The van der Waals surface area contributed by atoms with Gasteiger partial charge in [0.05, 0.1) is 6.04 Å². The minimum absolute atomic E-state index is 0.0166. The number of rotatable bonds is 2. The standard InChI is InChI=1S/C17H13FN2O2/c1-10(11-6-8-12(18)9-7-11)20-16(19)14-5-3-2-4-13(14)15(21)17(20)22/h2-10,19H,1H3. The van der Waals surface area contributed by atoms with Crippen molar-refractivity contribution in [3.05, 3.63) is 71.0 Å². The predicted octanol–water partition coefficient (Wildman–Crippen LogP) is 2.94. The largest absolute Gasteiger partial charge is 0.301 e. The molecule has 0 bridgehead atoms. The molecule has 1 amide bonds. The van der Waals surface area contributed by atoms with Gasteiger partial charge in [-0.1, -0.05) is 36.4 Å². The maximum atomic E-state index is 13.0. The summed E-state index contributed by atoms with van der Waals surface area (Å²) in [6.07, 6.45) is 0. The van der Waals surface area contributed by atoms with Crippen LogP contribution in [0.15, 0.2) is 48.5 Å². The molecule has 0 radical (unpaired) electrons. The van der Waals surface area contributed by atoms with E-state index in [1.54, 1.807) is 43.3 Å². The van der Waals surface area contributed by atoms with E-state index in [4.69, 9.17) is 5.41 Å². The van der Waals surface area contributed by atoms with Crippen LogP contribution in [0, 0.1) is 11.2 Å². The Morgan fingerprint density at radius 2 is 1.59 bits per heavy atom. The van der Waals surface area contributed by atoms with Crippen LogP contribution in [0.4, 0.5) is 4.39 Å². The quantitative estimate of drug-likeness (QED) is 0.866. The van der Waals surface area contributed by atoms with E-state index in [0.717, 1.165) is 4.90 Å². The molecule has 5 heteroatoms. The molecule has 0 saturated carbocycles. The van der Waals surface area contributed by atoms with Crippen LogP contribution in [0.3, 0.4) is 0 Å².